The highest BCUT2D eigenvalue weighted by Crippen LogP contribution is 2.06. The first kappa shape index (κ1) is 20.2. The van der Waals surface area contributed by atoms with Gasteiger partial charge >= 0.3 is 0 Å². The zero-order valence-corrected chi connectivity index (χ0v) is 16.0. The summed E-state index contributed by atoms with van der Waals surface area (Å²) in [6, 6.07) is 0.456. The van der Waals surface area contributed by atoms with Gasteiger partial charge in [-0.25, -0.2) is 4.98 Å². The summed E-state index contributed by atoms with van der Waals surface area (Å²) in [6.07, 6.45) is 9.11. The molecule has 0 radical (unpaired) electrons. The molecule has 2 N–H and O–H groups in total. The molecule has 0 saturated carbocycles. The van der Waals surface area contributed by atoms with E-state index in [0.29, 0.717) is 6.04 Å². The van der Waals surface area contributed by atoms with Crippen molar-refractivity contribution in [1.82, 2.24) is 20.2 Å². The van der Waals surface area contributed by atoms with E-state index in [9.17, 15) is 0 Å². The van der Waals surface area contributed by atoms with Crippen molar-refractivity contribution in [3.05, 3.63) is 18.7 Å². The molecule has 1 unspecified atom stereocenters. The second kappa shape index (κ2) is 11.8. The molecule has 0 amide bonds. The van der Waals surface area contributed by atoms with Crippen LogP contribution in [0.2, 0.25) is 0 Å². The fourth-order valence-corrected chi connectivity index (χ4v) is 1.97. The first-order chi connectivity index (χ1) is 9.61. The number of rotatable bonds is 8. The molecule has 0 fully saturated rings. The van der Waals surface area contributed by atoms with Crippen molar-refractivity contribution in [1.29, 1.82) is 0 Å². The number of aromatic nitrogens is 2. The van der Waals surface area contributed by atoms with Gasteiger partial charge in [-0.2, -0.15) is 0 Å². The van der Waals surface area contributed by atoms with Crippen LogP contribution in [0, 0.1) is 5.92 Å². The van der Waals surface area contributed by atoms with Gasteiger partial charge in [0, 0.05) is 38.6 Å². The molecule has 122 valence electrons. The molecule has 21 heavy (non-hydrogen) atoms. The Labute approximate surface area is 146 Å². The first-order valence-corrected chi connectivity index (χ1v) is 7.54. The number of hydrogen-bond acceptors (Lipinski definition) is 2. The zero-order chi connectivity index (χ0) is 14.8. The van der Waals surface area contributed by atoms with Crippen LogP contribution < -0.4 is 10.6 Å². The van der Waals surface area contributed by atoms with E-state index in [1.54, 1.807) is 0 Å². The van der Waals surface area contributed by atoms with Gasteiger partial charge in [0.25, 0.3) is 0 Å². The number of halogens is 1. The van der Waals surface area contributed by atoms with E-state index in [0.717, 1.165) is 31.4 Å². The third-order valence-corrected chi connectivity index (χ3v) is 3.23. The van der Waals surface area contributed by atoms with Gasteiger partial charge in [-0.1, -0.05) is 13.8 Å². The van der Waals surface area contributed by atoms with Gasteiger partial charge in [-0.3, -0.25) is 4.99 Å². The Balaban J connectivity index is 0.00000400. The Morgan fingerprint density at radius 2 is 2.05 bits per heavy atom. The molecule has 0 saturated heterocycles. The van der Waals surface area contributed by atoms with Crippen LogP contribution in [0.3, 0.4) is 0 Å². The van der Waals surface area contributed by atoms with Crippen LogP contribution in [0.25, 0.3) is 0 Å². The summed E-state index contributed by atoms with van der Waals surface area (Å²) in [6.45, 7) is 8.62. The highest BCUT2D eigenvalue weighted by Gasteiger charge is 2.05. The van der Waals surface area contributed by atoms with Gasteiger partial charge in [-0.05, 0) is 32.1 Å². The molecular weight excluding hydrogens is 377 g/mol. The summed E-state index contributed by atoms with van der Waals surface area (Å²) in [4.78, 5) is 8.30. The van der Waals surface area contributed by atoms with Crippen LogP contribution in [-0.2, 0) is 6.54 Å². The largest absolute Gasteiger partial charge is 0.356 e. The fourth-order valence-electron chi connectivity index (χ4n) is 1.97. The van der Waals surface area contributed by atoms with E-state index in [-0.39, 0.29) is 24.0 Å². The molecular formula is C15H30IN5. The molecule has 1 rings (SSSR count). The van der Waals surface area contributed by atoms with Crippen molar-refractivity contribution in [3.8, 4) is 0 Å². The number of nitrogens with one attached hydrogen (secondary N) is 2. The predicted octanol–water partition coefficient (Wildman–Crippen LogP) is 2.88. The number of hydrogen-bond donors (Lipinski definition) is 2. The van der Waals surface area contributed by atoms with E-state index in [1.807, 2.05) is 25.8 Å². The topological polar surface area (TPSA) is 54.2 Å². The van der Waals surface area contributed by atoms with Crippen LogP contribution in [0.5, 0.6) is 0 Å². The van der Waals surface area contributed by atoms with Crippen molar-refractivity contribution in [3.63, 3.8) is 0 Å². The van der Waals surface area contributed by atoms with Crippen molar-refractivity contribution >= 4 is 29.9 Å². The summed E-state index contributed by atoms with van der Waals surface area (Å²) in [5, 5.41) is 6.79. The maximum atomic E-state index is 4.26. The van der Waals surface area contributed by atoms with Crippen LogP contribution in [0.15, 0.2) is 23.7 Å². The average Bonchev–Trinajstić information content (AvgIpc) is 2.93. The lowest BCUT2D eigenvalue weighted by molar-refractivity contribution is 0.488. The van der Waals surface area contributed by atoms with Gasteiger partial charge in [0.15, 0.2) is 5.96 Å². The lowest BCUT2D eigenvalue weighted by Gasteiger charge is -2.18. The minimum atomic E-state index is 0. The number of nitrogens with zero attached hydrogens (tertiary/aromatic N) is 3. The Morgan fingerprint density at radius 3 is 2.62 bits per heavy atom. The molecule has 1 aromatic heterocycles. The molecule has 0 aromatic carbocycles. The van der Waals surface area contributed by atoms with E-state index < -0.39 is 0 Å². The smallest absolute Gasteiger partial charge is 0.191 e. The molecule has 0 aliphatic rings. The van der Waals surface area contributed by atoms with Gasteiger partial charge in [0.1, 0.15) is 0 Å². The third-order valence-electron chi connectivity index (χ3n) is 3.23. The number of aryl methyl sites for hydroxylation is 1. The average molecular weight is 407 g/mol. The third kappa shape index (κ3) is 9.71. The summed E-state index contributed by atoms with van der Waals surface area (Å²) >= 11 is 0. The number of aliphatic imine (C=N–C) groups is 1. The number of imidazole rings is 1. The zero-order valence-electron chi connectivity index (χ0n) is 13.7. The van der Waals surface area contributed by atoms with Crippen LogP contribution in [0.1, 0.15) is 40.0 Å². The molecule has 0 aliphatic carbocycles. The van der Waals surface area contributed by atoms with Crippen LogP contribution in [0.4, 0.5) is 0 Å². The van der Waals surface area contributed by atoms with Gasteiger partial charge in [0.2, 0.25) is 0 Å². The second-order valence-corrected chi connectivity index (χ2v) is 5.67. The Bertz CT molecular complexity index is 375. The molecule has 0 bridgehead atoms. The lowest BCUT2D eigenvalue weighted by Crippen LogP contribution is -2.42. The Morgan fingerprint density at radius 1 is 1.29 bits per heavy atom. The Hall–Kier alpha value is -0.790. The first-order valence-electron chi connectivity index (χ1n) is 7.54. The number of guanidine groups is 1. The summed E-state index contributed by atoms with van der Waals surface area (Å²) in [7, 11) is 1.82. The van der Waals surface area contributed by atoms with Crippen molar-refractivity contribution in [2.24, 2.45) is 10.9 Å². The monoisotopic (exact) mass is 407 g/mol. The van der Waals surface area contributed by atoms with Gasteiger partial charge < -0.3 is 15.2 Å². The molecule has 6 heteroatoms. The standard InChI is InChI=1S/C15H29N5.HI/c1-13(2)6-7-14(3)19-15(16-4)18-8-5-10-20-11-9-17-12-20;/h9,11-14H,5-8,10H2,1-4H3,(H2,16,18,19);1H. The fraction of sp³-hybridized carbons (Fsp3) is 0.733. The maximum Gasteiger partial charge on any atom is 0.191 e. The van der Waals surface area contributed by atoms with Crippen LogP contribution >= 0.6 is 24.0 Å². The molecule has 0 aliphatic heterocycles. The summed E-state index contributed by atoms with van der Waals surface area (Å²) < 4.78 is 2.09. The molecule has 5 nitrogen and oxygen atoms in total. The summed E-state index contributed by atoms with van der Waals surface area (Å²) in [5.41, 5.74) is 0. The van der Waals surface area contributed by atoms with E-state index in [2.05, 4.69) is 45.9 Å². The molecule has 1 aromatic rings. The minimum absolute atomic E-state index is 0. The molecule has 0 spiro atoms. The SMILES string of the molecule is CN=C(NCCCn1ccnc1)NC(C)CCC(C)C.I. The molecule has 1 heterocycles. The quantitative estimate of drug-likeness (QED) is 0.302. The highest BCUT2D eigenvalue weighted by atomic mass is 127. The molecule has 1 atom stereocenters. The van der Waals surface area contributed by atoms with E-state index in [4.69, 9.17) is 0 Å². The van der Waals surface area contributed by atoms with Crippen molar-refractivity contribution in [2.45, 2.75) is 52.6 Å². The van der Waals surface area contributed by atoms with E-state index in [1.165, 1.54) is 12.8 Å². The second-order valence-electron chi connectivity index (χ2n) is 5.67. The minimum Gasteiger partial charge on any atom is -0.356 e. The Kier molecular flexibility index (Phi) is 11.4. The van der Waals surface area contributed by atoms with Gasteiger partial charge in [-0.15, -0.1) is 24.0 Å². The lowest BCUT2D eigenvalue weighted by atomic mass is 10.0. The van der Waals surface area contributed by atoms with Crippen molar-refractivity contribution < 1.29 is 0 Å². The van der Waals surface area contributed by atoms with Crippen LogP contribution in [-0.4, -0.2) is 35.1 Å². The van der Waals surface area contributed by atoms with E-state index >= 15 is 0 Å². The van der Waals surface area contributed by atoms with Gasteiger partial charge in [0.05, 0.1) is 6.33 Å². The maximum absolute atomic E-state index is 4.26. The van der Waals surface area contributed by atoms with Crippen molar-refractivity contribution in [2.75, 3.05) is 13.6 Å². The highest BCUT2D eigenvalue weighted by molar-refractivity contribution is 14.0. The normalized spacial score (nSPS) is 12.9. The predicted molar refractivity (Wildman–Crippen MR) is 100 cm³/mol. The summed E-state index contributed by atoms with van der Waals surface area (Å²) in [5.74, 6) is 1.65.